The van der Waals surface area contributed by atoms with E-state index < -0.39 is 10.0 Å². The third kappa shape index (κ3) is 5.53. The van der Waals surface area contributed by atoms with Crippen molar-refractivity contribution in [2.75, 3.05) is 30.4 Å². The molecule has 0 bridgehead atoms. The molecule has 0 atom stereocenters. The van der Waals surface area contributed by atoms with Gasteiger partial charge >= 0.3 is 0 Å². The van der Waals surface area contributed by atoms with E-state index >= 15 is 0 Å². The van der Waals surface area contributed by atoms with Gasteiger partial charge in [0.05, 0.1) is 6.61 Å². The monoisotopic (exact) mass is 433 g/mol. The molecule has 2 aromatic heterocycles. The number of nitrogens with one attached hydrogen (secondary N) is 2. The quantitative estimate of drug-likeness (QED) is 0.502. The van der Waals surface area contributed by atoms with E-state index in [1.54, 1.807) is 36.9 Å². The number of carbonyl (C=O) groups is 1. The molecule has 0 spiro atoms. The van der Waals surface area contributed by atoms with Crippen LogP contribution in [0.3, 0.4) is 0 Å². The summed E-state index contributed by atoms with van der Waals surface area (Å²) < 4.78 is 37.7. The van der Waals surface area contributed by atoms with Crippen LogP contribution in [0.25, 0.3) is 0 Å². The average molecular weight is 434 g/mol. The zero-order chi connectivity index (χ0) is 20.7. The fourth-order valence-corrected chi connectivity index (χ4v) is 4.38. The molecular weight excluding hydrogens is 414 g/mol. The Labute approximate surface area is 172 Å². The van der Waals surface area contributed by atoms with Gasteiger partial charge in [0.25, 0.3) is 15.9 Å². The van der Waals surface area contributed by atoms with Crippen LogP contribution in [0.15, 0.2) is 64.3 Å². The summed E-state index contributed by atoms with van der Waals surface area (Å²) >= 11 is 1.13. The number of benzene rings is 1. The summed E-state index contributed by atoms with van der Waals surface area (Å²) in [6.45, 7) is 0.697. The minimum atomic E-state index is -3.64. The molecule has 8 nitrogen and oxygen atoms in total. The average Bonchev–Trinajstić information content (AvgIpc) is 3.26. The van der Waals surface area contributed by atoms with E-state index in [9.17, 15) is 13.2 Å². The fraction of sp³-hybridized carbons (Fsp3) is 0.158. The molecule has 0 saturated carbocycles. The summed E-state index contributed by atoms with van der Waals surface area (Å²) in [7, 11) is -2.07. The zero-order valence-electron chi connectivity index (χ0n) is 15.5. The van der Waals surface area contributed by atoms with Crippen molar-refractivity contribution in [3.05, 3.63) is 65.7 Å². The van der Waals surface area contributed by atoms with Crippen molar-refractivity contribution in [3.63, 3.8) is 0 Å². The van der Waals surface area contributed by atoms with E-state index in [0.29, 0.717) is 36.0 Å². The van der Waals surface area contributed by atoms with Crippen molar-refractivity contribution in [3.8, 4) is 5.88 Å². The molecule has 0 fully saturated rings. The van der Waals surface area contributed by atoms with Gasteiger partial charge in [-0.25, -0.2) is 13.4 Å². The molecule has 0 aliphatic rings. The first kappa shape index (κ1) is 20.8. The Balaban J connectivity index is 1.67. The van der Waals surface area contributed by atoms with Crippen molar-refractivity contribution < 1.29 is 22.7 Å². The van der Waals surface area contributed by atoms with E-state index in [1.807, 2.05) is 0 Å². The second-order valence-electron chi connectivity index (χ2n) is 5.77. The lowest BCUT2D eigenvalue weighted by molar-refractivity contribution is 0.102. The molecule has 10 heteroatoms. The number of anilines is 2. The second-order valence-corrected chi connectivity index (χ2v) is 8.62. The third-order valence-electron chi connectivity index (χ3n) is 3.70. The van der Waals surface area contributed by atoms with E-state index in [1.165, 1.54) is 30.3 Å². The van der Waals surface area contributed by atoms with Crippen LogP contribution in [0.5, 0.6) is 5.88 Å². The molecule has 1 amide bonds. The molecule has 0 radical (unpaired) electrons. The van der Waals surface area contributed by atoms with Gasteiger partial charge in [0, 0.05) is 24.6 Å². The molecule has 152 valence electrons. The van der Waals surface area contributed by atoms with Crippen LogP contribution in [0.1, 0.15) is 10.4 Å². The maximum Gasteiger partial charge on any atom is 0.271 e. The molecule has 29 heavy (non-hydrogen) atoms. The number of hydrogen-bond acceptors (Lipinski definition) is 7. The Kier molecular flexibility index (Phi) is 6.81. The number of aromatic nitrogens is 1. The highest BCUT2D eigenvalue weighted by Gasteiger charge is 2.16. The predicted molar refractivity (Wildman–Crippen MR) is 111 cm³/mol. The van der Waals surface area contributed by atoms with Crippen molar-refractivity contribution in [1.82, 2.24) is 4.98 Å². The zero-order valence-corrected chi connectivity index (χ0v) is 17.1. The first-order valence-corrected chi connectivity index (χ1v) is 10.9. The van der Waals surface area contributed by atoms with Crippen molar-refractivity contribution in [2.24, 2.45) is 0 Å². The number of pyridine rings is 1. The number of thiophene rings is 1. The first-order valence-electron chi connectivity index (χ1n) is 8.54. The number of amides is 1. The van der Waals surface area contributed by atoms with Crippen LogP contribution in [0, 0.1) is 0 Å². The standard InChI is InChI=1S/C19H19N3O5S2/c1-26-11-12-27-19-16(4-2-10-20-19)21-18(23)14-6-8-15(9-7-14)22-29(24,25)17-5-3-13-28-17/h2-10,13,22H,11-12H2,1H3,(H,21,23). The highest BCUT2D eigenvalue weighted by Crippen LogP contribution is 2.23. The van der Waals surface area contributed by atoms with Gasteiger partial charge in [-0.05, 0) is 47.8 Å². The van der Waals surface area contributed by atoms with Crippen molar-refractivity contribution in [2.45, 2.75) is 4.21 Å². The number of methoxy groups -OCH3 is 1. The molecule has 3 rings (SSSR count). The Hall–Kier alpha value is -2.95. The topological polar surface area (TPSA) is 107 Å². The lowest BCUT2D eigenvalue weighted by Gasteiger charge is -2.11. The molecule has 0 unspecified atom stereocenters. The largest absolute Gasteiger partial charge is 0.474 e. The van der Waals surface area contributed by atoms with Gasteiger partial charge in [0.1, 0.15) is 16.5 Å². The summed E-state index contributed by atoms with van der Waals surface area (Å²) in [5.74, 6) is -0.0829. The van der Waals surface area contributed by atoms with Crippen molar-refractivity contribution in [1.29, 1.82) is 0 Å². The fourth-order valence-electron chi connectivity index (χ4n) is 2.33. The lowest BCUT2D eigenvalue weighted by Crippen LogP contribution is -2.15. The van der Waals surface area contributed by atoms with Gasteiger partial charge in [-0.2, -0.15) is 0 Å². The second kappa shape index (κ2) is 9.50. The van der Waals surface area contributed by atoms with Crippen molar-refractivity contribution >= 4 is 38.6 Å². The molecule has 2 N–H and O–H groups in total. The first-order chi connectivity index (χ1) is 14.0. The molecule has 2 heterocycles. The summed E-state index contributed by atoms with van der Waals surface area (Å²) in [5.41, 5.74) is 1.15. The Morgan fingerprint density at radius 3 is 2.59 bits per heavy atom. The minimum Gasteiger partial charge on any atom is -0.474 e. The molecule has 0 saturated heterocycles. The number of rotatable bonds is 9. The molecular formula is C19H19N3O5S2. The Morgan fingerprint density at radius 1 is 1.10 bits per heavy atom. The number of carbonyl (C=O) groups excluding carboxylic acids is 1. The highest BCUT2D eigenvalue weighted by atomic mass is 32.2. The number of nitrogens with zero attached hydrogens (tertiary/aromatic N) is 1. The van der Waals surface area contributed by atoms with Gasteiger partial charge in [-0.15, -0.1) is 11.3 Å². The van der Waals surface area contributed by atoms with E-state index in [0.717, 1.165) is 11.3 Å². The van der Waals surface area contributed by atoms with Gasteiger partial charge < -0.3 is 14.8 Å². The number of ether oxygens (including phenoxy) is 2. The van der Waals surface area contributed by atoms with Crippen LogP contribution >= 0.6 is 11.3 Å². The summed E-state index contributed by atoms with van der Waals surface area (Å²) in [5, 5.41) is 4.43. The van der Waals surface area contributed by atoms with Crippen LogP contribution in [-0.4, -0.2) is 39.6 Å². The third-order valence-corrected chi connectivity index (χ3v) is 6.48. The van der Waals surface area contributed by atoms with E-state index in [2.05, 4.69) is 15.0 Å². The molecule has 0 aliphatic carbocycles. The minimum absolute atomic E-state index is 0.219. The number of sulfonamides is 1. The van der Waals surface area contributed by atoms with E-state index in [4.69, 9.17) is 9.47 Å². The van der Waals surface area contributed by atoms with Gasteiger partial charge in [0.2, 0.25) is 5.88 Å². The smallest absolute Gasteiger partial charge is 0.271 e. The summed E-state index contributed by atoms with van der Waals surface area (Å²) in [6, 6.07) is 12.7. The van der Waals surface area contributed by atoms with Crippen LogP contribution in [0.4, 0.5) is 11.4 Å². The normalized spacial score (nSPS) is 11.1. The highest BCUT2D eigenvalue weighted by molar-refractivity contribution is 7.94. The van der Waals surface area contributed by atoms with Crippen LogP contribution in [-0.2, 0) is 14.8 Å². The maximum atomic E-state index is 12.5. The van der Waals surface area contributed by atoms with Crippen LogP contribution < -0.4 is 14.8 Å². The molecule has 1 aromatic carbocycles. The predicted octanol–water partition coefficient (Wildman–Crippen LogP) is 3.22. The Morgan fingerprint density at radius 2 is 1.90 bits per heavy atom. The van der Waals surface area contributed by atoms with Gasteiger partial charge in [-0.1, -0.05) is 6.07 Å². The molecule has 3 aromatic rings. The lowest BCUT2D eigenvalue weighted by atomic mass is 10.2. The van der Waals surface area contributed by atoms with Gasteiger partial charge in [0.15, 0.2) is 0 Å². The summed E-state index contributed by atoms with van der Waals surface area (Å²) in [6.07, 6.45) is 1.56. The SMILES string of the molecule is COCCOc1ncccc1NC(=O)c1ccc(NS(=O)(=O)c2cccs2)cc1. The molecule has 0 aliphatic heterocycles. The Bertz CT molecular complexity index is 1050. The summed E-state index contributed by atoms with van der Waals surface area (Å²) in [4.78, 5) is 16.6. The maximum absolute atomic E-state index is 12.5. The van der Waals surface area contributed by atoms with E-state index in [-0.39, 0.29) is 10.1 Å². The number of hydrogen-bond donors (Lipinski definition) is 2. The van der Waals surface area contributed by atoms with Crippen LogP contribution in [0.2, 0.25) is 0 Å². The van der Waals surface area contributed by atoms with Gasteiger partial charge in [-0.3, -0.25) is 9.52 Å².